The lowest BCUT2D eigenvalue weighted by Crippen LogP contribution is -1.98. The first-order valence-corrected chi connectivity index (χ1v) is 3.59. The lowest BCUT2D eigenvalue weighted by molar-refractivity contribution is 0.177. The maximum Gasteiger partial charge on any atom is 0.155 e. The molecule has 4 heteroatoms. The largest absolute Gasteiger partial charge is 0.377 e. The van der Waals surface area contributed by atoms with Crippen LogP contribution in [0.1, 0.15) is 11.5 Å². The molecule has 11 heavy (non-hydrogen) atoms. The molecule has 0 saturated heterocycles. The number of nitrogens with zero attached hydrogens (tertiary/aromatic N) is 2. The molecule has 0 aromatic carbocycles. The van der Waals surface area contributed by atoms with Gasteiger partial charge >= 0.3 is 0 Å². The highest BCUT2D eigenvalue weighted by Gasteiger charge is 1.98. The molecule has 0 aliphatic carbocycles. The van der Waals surface area contributed by atoms with Crippen molar-refractivity contribution in [1.29, 1.82) is 0 Å². The molecule has 0 unspecified atom stereocenters. The summed E-state index contributed by atoms with van der Waals surface area (Å²) in [6.07, 6.45) is 0. The van der Waals surface area contributed by atoms with Crippen LogP contribution in [0.25, 0.3) is 0 Å². The lowest BCUT2D eigenvalue weighted by Gasteiger charge is -1.99. The van der Waals surface area contributed by atoms with E-state index in [-0.39, 0.29) is 0 Å². The average Bonchev–Trinajstić information content (AvgIpc) is 1.85. The molecule has 0 aliphatic heterocycles. The van der Waals surface area contributed by atoms with Crippen LogP contribution in [-0.4, -0.2) is 17.1 Å². The molecular formula is C7H9ClN2O. The van der Waals surface area contributed by atoms with E-state index in [1.807, 2.05) is 6.92 Å². The minimum atomic E-state index is 0.404. The van der Waals surface area contributed by atoms with E-state index >= 15 is 0 Å². The van der Waals surface area contributed by atoms with Gasteiger partial charge in [0, 0.05) is 12.8 Å². The predicted molar refractivity (Wildman–Crippen MR) is 42.5 cm³/mol. The first-order chi connectivity index (χ1) is 5.22. The van der Waals surface area contributed by atoms with E-state index in [9.17, 15) is 0 Å². The van der Waals surface area contributed by atoms with Crippen LogP contribution in [0.15, 0.2) is 6.07 Å². The van der Waals surface area contributed by atoms with E-state index < -0.39 is 0 Å². The van der Waals surface area contributed by atoms with Crippen molar-refractivity contribution in [1.82, 2.24) is 9.97 Å². The third kappa shape index (κ3) is 2.44. The number of ether oxygens (including phenoxy) is 1. The Morgan fingerprint density at radius 3 is 2.82 bits per heavy atom. The molecule has 0 atom stereocenters. The van der Waals surface area contributed by atoms with Gasteiger partial charge in [0.15, 0.2) is 5.82 Å². The average molecular weight is 173 g/mol. The normalized spacial score (nSPS) is 10.1. The third-order valence-electron chi connectivity index (χ3n) is 1.14. The number of hydrogen-bond acceptors (Lipinski definition) is 3. The van der Waals surface area contributed by atoms with Crippen LogP contribution in [0, 0.1) is 6.92 Å². The number of aryl methyl sites for hydroxylation is 1. The molecule has 0 radical (unpaired) electrons. The Labute approximate surface area is 70.4 Å². The van der Waals surface area contributed by atoms with Crippen LogP contribution >= 0.6 is 11.6 Å². The molecule has 3 nitrogen and oxygen atoms in total. The topological polar surface area (TPSA) is 35.0 Å². The number of methoxy groups -OCH3 is 1. The Hall–Kier alpha value is -0.670. The molecule has 1 rings (SSSR count). The number of halogens is 1. The summed E-state index contributed by atoms with van der Waals surface area (Å²) in [7, 11) is 1.60. The molecule has 0 bridgehead atoms. The number of rotatable bonds is 2. The van der Waals surface area contributed by atoms with Gasteiger partial charge in [-0.25, -0.2) is 9.97 Å². The van der Waals surface area contributed by atoms with Crippen LogP contribution in [0.2, 0.25) is 5.15 Å². The fourth-order valence-corrected chi connectivity index (χ4v) is 1.04. The Balaban J connectivity index is 2.89. The maximum atomic E-state index is 5.68. The van der Waals surface area contributed by atoms with Crippen LogP contribution in [0.3, 0.4) is 0 Å². The molecule has 0 spiro atoms. The van der Waals surface area contributed by atoms with Gasteiger partial charge in [0.05, 0.1) is 0 Å². The van der Waals surface area contributed by atoms with Crippen molar-refractivity contribution in [3.63, 3.8) is 0 Å². The fraction of sp³-hybridized carbons (Fsp3) is 0.429. The van der Waals surface area contributed by atoms with Gasteiger partial charge in [-0.15, -0.1) is 0 Å². The zero-order chi connectivity index (χ0) is 8.27. The van der Waals surface area contributed by atoms with Gasteiger partial charge in [0.25, 0.3) is 0 Å². The smallest absolute Gasteiger partial charge is 0.155 e. The Bertz CT molecular complexity index is 232. The molecule has 0 amide bonds. The first-order valence-electron chi connectivity index (χ1n) is 3.21. The van der Waals surface area contributed by atoms with Gasteiger partial charge in [-0.05, 0) is 13.0 Å². The molecule has 0 aliphatic rings. The highest BCUT2D eigenvalue weighted by molar-refractivity contribution is 6.29. The number of aromatic nitrogens is 2. The second-order valence-electron chi connectivity index (χ2n) is 2.18. The van der Waals surface area contributed by atoms with Gasteiger partial charge in [-0.3, -0.25) is 0 Å². The Morgan fingerprint density at radius 2 is 2.27 bits per heavy atom. The van der Waals surface area contributed by atoms with Crippen molar-refractivity contribution in [2.75, 3.05) is 7.11 Å². The summed E-state index contributed by atoms with van der Waals surface area (Å²) in [4.78, 5) is 8.06. The molecule has 0 N–H and O–H groups in total. The van der Waals surface area contributed by atoms with E-state index in [2.05, 4.69) is 9.97 Å². The van der Waals surface area contributed by atoms with Gasteiger partial charge in [0.2, 0.25) is 0 Å². The predicted octanol–water partition coefficient (Wildman–Crippen LogP) is 1.58. The molecule has 1 heterocycles. The minimum absolute atomic E-state index is 0.404. The van der Waals surface area contributed by atoms with Crippen LogP contribution < -0.4 is 0 Å². The molecule has 1 aromatic heterocycles. The van der Waals surface area contributed by atoms with Gasteiger partial charge in [-0.2, -0.15) is 0 Å². The van der Waals surface area contributed by atoms with Gasteiger partial charge in [-0.1, -0.05) is 11.6 Å². The monoisotopic (exact) mass is 172 g/mol. The van der Waals surface area contributed by atoms with Crippen molar-refractivity contribution in [2.45, 2.75) is 13.5 Å². The second kappa shape index (κ2) is 3.64. The minimum Gasteiger partial charge on any atom is -0.377 e. The van der Waals surface area contributed by atoms with Crippen LogP contribution in [0.4, 0.5) is 0 Å². The molecule has 1 aromatic rings. The lowest BCUT2D eigenvalue weighted by atomic mass is 10.4. The fourth-order valence-electron chi connectivity index (χ4n) is 0.782. The van der Waals surface area contributed by atoms with Crippen molar-refractivity contribution in [3.8, 4) is 0 Å². The van der Waals surface area contributed by atoms with E-state index in [0.29, 0.717) is 17.6 Å². The highest BCUT2D eigenvalue weighted by Crippen LogP contribution is 2.06. The maximum absolute atomic E-state index is 5.68. The first kappa shape index (κ1) is 8.43. The summed E-state index contributed by atoms with van der Waals surface area (Å²) >= 11 is 5.68. The SMILES string of the molecule is COCc1nc(C)cc(Cl)n1. The third-order valence-corrected chi connectivity index (χ3v) is 1.34. The molecular weight excluding hydrogens is 164 g/mol. The highest BCUT2D eigenvalue weighted by atomic mass is 35.5. The summed E-state index contributed by atoms with van der Waals surface area (Å²) in [5, 5.41) is 0.463. The van der Waals surface area contributed by atoms with E-state index in [4.69, 9.17) is 16.3 Å². The summed E-state index contributed by atoms with van der Waals surface area (Å²) < 4.78 is 4.85. The standard InChI is InChI=1S/C7H9ClN2O/c1-5-3-6(8)10-7(9-5)4-11-2/h3H,4H2,1-2H3. The van der Waals surface area contributed by atoms with Gasteiger partial charge in [0.1, 0.15) is 11.8 Å². The van der Waals surface area contributed by atoms with Crippen molar-refractivity contribution in [3.05, 3.63) is 22.7 Å². The summed E-state index contributed by atoms with van der Waals surface area (Å²) in [6, 6.07) is 1.71. The van der Waals surface area contributed by atoms with Crippen molar-refractivity contribution < 1.29 is 4.74 Å². The van der Waals surface area contributed by atoms with Crippen molar-refractivity contribution in [2.24, 2.45) is 0 Å². The summed E-state index contributed by atoms with van der Waals surface area (Å²) in [5.74, 6) is 0.623. The zero-order valence-electron chi connectivity index (χ0n) is 6.47. The van der Waals surface area contributed by atoms with Gasteiger partial charge < -0.3 is 4.74 Å². The summed E-state index contributed by atoms with van der Waals surface area (Å²) in [5.41, 5.74) is 0.858. The Morgan fingerprint density at radius 1 is 1.55 bits per heavy atom. The molecule has 0 fully saturated rings. The Kier molecular flexibility index (Phi) is 2.79. The zero-order valence-corrected chi connectivity index (χ0v) is 7.22. The quantitative estimate of drug-likeness (QED) is 0.636. The van der Waals surface area contributed by atoms with Crippen LogP contribution in [-0.2, 0) is 11.3 Å². The molecule has 0 saturated carbocycles. The molecule has 60 valence electrons. The van der Waals surface area contributed by atoms with E-state index in [1.54, 1.807) is 13.2 Å². The number of hydrogen-bond donors (Lipinski definition) is 0. The van der Waals surface area contributed by atoms with Crippen molar-refractivity contribution >= 4 is 11.6 Å². The van der Waals surface area contributed by atoms with E-state index in [1.165, 1.54) is 0 Å². The second-order valence-corrected chi connectivity index (χ2v) is 2.57. The summed E-state index contributed by atoms with van der Waals surface area (Å²) in [6.45, 7) is 2.27. The van der Waals surface area contributed by atoms with E-state index in [0.717, 1.165) is 5.69 Å². The van der Waals surface area contributed by atoms with Crippen LogP contribution in [0.5, 0.6) is 0 Å².